The van der Waals surface area contributed by atoms with Crippen LogP contribution in [-0.2, 0) is 4.74 Å². The molecule has 0 aliphatic carbocycles. The second-order valence-electron chi connectivity index (χ2n) is 5.51. The van der Waals surface area contributed by atoms with E-state index in [9.17, 15) is 0 Å². The number of benzene rings is 1. The van der Waals surface area contributed by atoms with E-state index in [1.807, 2.05) is 30.3 Å². The molecular weight excluding hydrogens is 314 g/mol. The highest BCUT2D eigenvalue weighted by molar-refractivity contribution is 6.29. The van der Waals surface area contributed by atoms with Gasteiger partial charge in [-0.15, -0.1) is 0 Å². The van der Waals surface area contributed by atoms with Crippen LogP contribution in [0.5, 0.6) is 5.75 Å². The molecule has 0 amide bonds. The summed E-state index contributed by atoms with van der Waals surface area (Å²) < 4.78 is 13.1. The van der Waals surface area contributed by atoms with Crippen molar-refractivity contribution in [3.63, 3.8) is 0 Å². The Balaban J connectivity index is 1.60. The largest absolute Gasteiger partial charge is 0.465 e. The average molecular weight is 330 g/mol. The molecule has 3 heterocycles. The molecule has 4 rings (SSSR count). The topological polar surface area (TPSA) is 48.7 Å². The fourth-order valence-corrected chi connectivity index (χ4v) is 2.96. The lowest BCUT2D eigenvalue weighted by Crippen LogP contribution is -2.24. The Morgan fingerprint density at radius 3 is 2.87 bits per heavy atom. The zero-order chi connectivity index (χ0) is 15.6. The highest BCUT2D eigenvalue weighted by atomic mass is 35.5. The van der Waals surface area contributed by atoms with E-state index >= 15 is 0 Å². The Labute approximate surface area is 138 Å². The lowest BCUT2D eigenvalue weighted by Gasteiger charge is -2.23. The summed E-state index contributed by atoms with van der Waals surface area (Å²) in [6.45, 7) is 0.774. The predicted octanol–water partition coefficient (Wildman–Crippen LogP) is 3.96. The molecule has 1 unspecified atom stereocenters. The zero-order valence-corrected chi connectivity index (χ0v) is 13.2. The fourth-order valence-electron chi connectivity index (χ4n) is 2.77. The molecule has 1 fully saturated rings. The highest BCUT2D eigenvalue weighted by Gasteiger charge is 2.15. The van der Waals surface area contributed by atoms with Crippen LogP contribution in [0.2, 0.25) is 5.15 Å². The molecule has 5 nitrogen and oxygen atoms in total. The maximum absolute atomic E-state index is 6.09. The van der Waals surface area contributed by atoms with Gasteiger partial charge < -0.3 is 9.47 Å². The van der Waals surface area contributed by atoms with E-state index in [-0.39, 0.29) is 6.29 Å². The molecule has 0 N–H and O–H groups in total. The van der Waals surface area contributed by atoms with Crippen LogP contribution in [0.1, 0.15) is 19.3 Å². The minimum Gasteiger partial charge on any atom is -0.465 e. The molecule has 1 atom stereocenters. The van der Waals surface area contributed by atoms with E-state index in [1.54, 1.807) is 16.9 Å². The lowest BCUT2D eigenvalue weighted by atomic mass is 10.1. The van der Waals surface area contributed by atoms with Crippen LogP contribution in [0.15, 0.2) is 42.7 Å². The maximum Gasteiger partial charge on any atom is 0.199 e. The molecule has 23 heavy (non-hydrogen) atoms. The number of imidazole rings is 1. The Kier molecular flexibility index (Phi) is 3.89. The SMILES string of the molecule is Clc1cc(-c2ccc(OC3CCCCO3)cc2)c2nccn2n1. The summed E-state index contributed by atoms with van der Waals surface area (Å²) >= 11 is 6.09. The number of fused-ring (bicyclic) bond motifs is 1. The summed E-state index contributed by atoms with van der Waals surface area (Å²) in [5.74, 6) is 0.806. The third kappa shape index (κ3) is 3.02. The molecular formula is C17H16ClN3O2. The second kappa shape index (κ2) is 6.18. The van der Waals surface area contributed by atoms with Crippen molar-refractivity contribution in [1.29, 1.82) is 0 Å². The summed E-state index contributed by atoms with van der Waals surface area (Å²) in [5.41, 5.74) is 2.73. The van der Waals surface area contributed by atoms with Crippen molar-refractivity contribution in [2.24, 2.45) is 0 Å². The summed E-state index contributed by atoms with van der Waals surface area (Å²) in [5, 5.41) is 4.63. The molecule has 0 bridgehead atoms. The standard InChI is InChI=1S/C17H16ClN3O2/c18-15-11-14(17-19-8-9-21(17)20-15)12-4-6-13(7-5-12)23-16-3-1-2-10-22-16/h4-9,11,16H,1-3,10H2. The van der Waals surface area contributed by atoms with Crippen LogP contribution >= 0.6 is 11.6 Å². The smallest absolute Gasteiger partial charge is 0.199 e. The minimum absolute atomic E-state index is 0.135. The van der Waals surface area contributed by atoms with Gasteiger partial charge in [0.1, 0.15) is 5.75 Å². The summed E-state index contributed by atoms with van der Waals surface area (Å²) in [4.78, 5) is 4.34. The van der Waals surface area contributed by atoms with Gasteiger partial charge >= 0.3 is 0 Å². The van der Waals surface area contributed by atoms with E-state index in [0.29, 0.717) is 5.15 Å². The van der Waals surface area contributed by atoms with Crippen molar-refractivity contribution < 1.29 is 9.47 Å². The van der Waals surface area contributed by atoms with Gasteiger partial charge in [-0.05, 0) is 36.6 Å². The van der Waals surface area contributed by atoms with Crippen molar-refractivity contribution in [3.05, 3.63) is 47.9 Å². The Hall–Kier alpha value is -2.11. The Morgan fingerprint density at radius 2 is 2.09 bits per heavy atom. The van der Waals surface area contributed by atoms with Gasteiger partial charge in [-0.2, -0.15) is 5.10 Å². The number of hydrogen-bond donors (Lipinski definition) is 0. The second-order valence-corrected chi connectivity index (χ2v) is 5.90. The lowest BCUT2D eigenvalue weighted by molar-refractivity contribution is -0.105. The quantitative estimate of drug-likeness (QED) is 0.730. The average Bonchev–Trinajstić information content (AvgIpc) is 3.04. The zero-order valence-electron chi connectivity index (χ0n) is 12.5. The van der Waals surface area contributed by atoms with Crippen LogP contribution in [0, 0.1) is 0 Å². The highest BCUT2D eigenvalue weighted by Crippen LogP contribution is 2.28. The molecule has 0 radical (unpaired) electrons. The van der Waals surface area contributed by atoms with Gasteiger partial charge in [0.2, 0.25) is 0 Å². The molecule has 118 valence electrons. The van der Waals surface area contributed by atoms with E-state index in [0.717, 1.165) is 48.4 Å². The summed E-state index contributed by atoms with van der Waals surface area (Å²) in [6, 6.07) is 9.71. The van der Waals surface area contributed by atoms with E-state index < -0.39 is 0 Å². The molecule has 1 saturated heterocycles. The molecule has 0 saturated carbocycles. The monoisotopic (exact) mass is 329 g/mol. The number of halogens is 1. The molecule has 2 aromatic heterocycles. The van der Waals surface area contributed by atoms with Crippen molar-refractivity contribution in [2.75, 3.05) is 6.61 Å². The first kappa shape index (κ1) is 14.5. The minimum atomic E-state index is -0.135. The first-order valence-electron chi connectivity index (χ1n) is 7.68. The van der Waals surface area contributed by atoms with Crippen molar-refractivity contribution in [1.82, 2.24) is 14.6 Å². The van der Waals surface area contributed by atoms with Crippen LogP contribution in [0.25, 0.3) is 16.8 Å². The number of rotatable bonds is 3. The molecule has 1 aliphatic rings. The van der Waals surface area contributed by atoms with Gasteiger partial charge in [-0.1, -0.05) is 23.7 Å². The van der Waals surface area contributed by atoms with Crippen LogP contribution in [0.3, 0.4) is 0 Å². The summed E-state index contributed by atoms with van der Waals surface area (Å²) in [7, 11) is 0. The first-order chi connectivity index (χ1) is 11.3. The van der Waals surface area contributed by atoms with E-state index in [2.05, 4.69) is 10.1 Å². The molecule has 1 aromatic carbocycles. The van der Waals surface area contributed by atoms with Crippen molar-refractivity contribution in [3.8, 4) is 16.9 Å². The van der Waals surface area contributed by atoms with Crippen LogP contribution < -0.4 is 4.74 Å². The van der Waals surface area contributed by atoms with Gasteiger partial charge in [0.15, 0.2) is 17.1 Å². The normalized spacial score (nSPS) is 18.2. The van der Waals surface area contributed by atoms with Crippen LogP contribution in [0.4, 0.5) is 0 Å². The number of aromatic nitrogens is 3. The fraction of sp³-hybridized carbons (Fsp3) is 0.294. The van der Waals surface area contributed by atoms with E-state index in [4.69, 9.17) is 21.1 Å². The van der Waals surface area contributed by atoms with E-state index in [1.165, 1.54) is 0 Å². The number of hydrogen-bond acceptors (Lipinski definition) is 4. The van der Waals surface area contributed by atoms with Crippen LogP contribution in [-0.4, -0.2) is 27.5 Å². The van der Waals surface area contributed by atoms with Crippen molar-refractivity contribution >= 4 is 17.2 Å². The molecule has 1 aliphatic heterocycles. The van der Waals surface area contributed by atoms with Crippen molar-refractivity contribution in [2.45, 2.75) is 25.6 Å². The number of ether oxygens (including phenoxy) is 2. The predicted molar refractivity (Wildman–Crippen MR) is 87.7 cm³/mol. The first-order valence-corrected chi connectivity index (χ1v) is 8.06. The molecule has 3 aromatic rings. The van der Waals surface area contributed by atoms with Gasteiger partial charge in [0.25, 0.3) is 0 Å². The van der Waals surface area contributed by atoms with Gasteiger partial charge in [0.05, 0.1) is 6.61 Å². The third-order valence-electron chi connectivity index (χ3n) is 3.90. The third-order valence-corrected chi connectivity index (χ3v) is 4.08. The van der Waals surface area contributed by atoms with Gasteiger partial charge in [-0.3, -0.25) is 0 Å². The Morgan fingerprint density at radius 1 is 1.22 bits per heavy atom. The van der Waals surface area contributed by atoms with Gasteiger partial charge in [-0.25, -0.2) is 9.50 Å². The number of nitrogens with zero attached hydrogens (tertiary/aromatic N) is 3. The summed E-state index contributed by atoms with van der Waals surface area (Å²) in [6.07, 6.45) is 6.56. The molecule has 6 heteroatoms. The molecule has 0 spiro atoms. The maximum atomic E-state index is 6.09. The van der Waals surface area contributed by atoms with Gasteiger partial charge in [0, 0.05) is 24.4 Å². The Bertz CT molecular complexity index is 810.